The Balaban J connectivity index is 1.81. The van der Waals surface area contributed by atoms with Crippen LogP contribution >= 0.6 is 0 Å². The van der Waals surface area contributed by atoms with Crippen molar-refractivity contribution in [3.63, 3.8) is 0 Å². The number of hydrogen-bond donors (Lipinski definition) is 1. The van der Waals surface area contributed by atoms with Gasteiger partial charge in [0.2, 0.25) is 0 Å². The zero-order valence-corrected chi connectivity index (χ0v) is 19.1. The van der Waals surface area contributed by atoms with E-state index >= 15 is 0 Å². The fourth-order valence-electron chi connectivity index (χ4n) is 4.33. The van der Waals surface area contributed by atoms with E-state index < -0.39 is 11.2 Å². The summed E-state index contributed by atoms with van der Waals surface area (Å²) in [5.41, 5.74) is -0.684. The molecule has 1 aromatic rings. The van der Waals surface area contributed by atoms with Crippen LogP contribution < -0.4 is 0 Å². The lowest BCUT2D eigenvalue weighted by molar-refractivity contribution is -0.0119. The first-order valence-electron chi connectivity index (χ1n) is 10.7. The van der Waals surface area contributed by atoms with E-state index in [0.717, 1.165) is 31.4 Å². The molecule has 0 aliphatic carbocycles. The molecule has 0 bridgehead atoms. The van der Waals surface area contributed by atoms with Crippen molar-refractivity contribution in [2.75, 3.05) is 20.2 Å². The minimum atomic E-state index is -0.665. The van der Waals surface area contributed by atoms with E-state index in [1.807, 2.05) is 19.1 Å². The van der Waals surface area contributed by atoms with Crippen molar-refractivity contribution in [2.24, 2.45) is 0 Å². The molecule has 0 spiro atoms. The van der Waals surface area contributed by atoms with Crippen molar-refractivity contribution < 1.29 is 19.2 Å². The second-order valence-electron chi connectivity index (χ2n) is 10.2. The Hall–Kier alpha value is -0.915. The first kappa shape index (κ1) is 22.8. The Morgan fingerprint density at radius 1 is 1.21 bits per heavy atom. The van der Waals surface area contributed by atoms with Crippen LogP contribution in [-0.4, -0.2) is 60.1 Å². The lowest BCUT2D eigenvalue weighted by atomic mass is 9.72. The van der Waals surface area contributed by atoms with Crippen LogP contribution in [0.2, 0.25) is 0 Å². The molecular formula is C23H37BNO4. The molecule has 3 unspecified atom stereocenters. The SMILES string of the molecule is COC(C)(CCC(B1OC(C)(C)C(C)(C)O1)N1CCC(C)(O)C1)c1cc[c]cc1. The number of nitrogens with zero attached hydrogens (tertiary/aromatic N) is 1. The van der Waals surface area contributed by atoms with Crippen LogP contribution in [0.3, 0.4) is 0 Å². The highest BCUT2D eigenvalue weighted by molar-refractivity contribution is 6.47. The number of rotatable bonds is 7. The highest BCUT2D eigenvalue weighted by Gasteiger charge is 2.56. The monoisotopic (exact) mass is 402 g/mol. The average Bonchev–Trinajstić information content (AvgIpc) is 3.10. The maximum absolute atomic E-state index is 10.6. The summed E-state index contributed by atoms with van der Waals surface area (Å²) in [6.45, 7) is 13.9. The number of likely N-dealkylation sites (tertiary alicyclic amines) is 1. The molecular weight excluding hydrogens is 365 g/mol. The summed E-state index contributed by atoms with van der Waals surface area (Å²) in [6, 6.07) is 11.1. The van der Waals surface area contributed by atoms with E-state index in [1.165, 1.54) is 0 Å². The fraction of sp³-hybridized carbons (Fsp3) is 0.739. The van der Waals surface area contributed by atoms with Gasteiger partial charge in [-0.25, -0.2) is 0 Å². The Labute approximate surface area is 176 Å². The first-order chi connectivity index (χ1) is 13.4. The van der Waals surface area contributed by atoms with E-state index in [9.17, 15) is 5.11 Å². The topological polar surface area (TPSA) is 51.2 Å². The maximum atomic E-state index is 10.6. The lowest BCUT2D eigenvalue weighted by Crippen LogP contribution is -2.49. The number of benzene rings is 1. The van der Waals surface area contributed by atoms with Gasteiger partial charge in [0.15, 0.2) is 0 Å². The summed E-state index contributed by atoms with van der Waals surface area (Å²) in [5.74, 6) is 0.0507. The number of ether oxygens (including phenoxy) is 1. The van der Waals surface area contributed by atoms with Crippen LogP contribution in [0.25, 0.3) is 0 Å². The van der Waals surface area contributed by atoms with Gasteiger partial charge >= 0.3 is 7.12 Å². The molecule has 1 aromatic carbocycles. The van der Waals surface area contributed by atoms with Crippen LogP contribution in [0.1, 0.15) is 66.4 Å². The lowest BCUT2D eigenvalue weighted by Gasteiger charge is -2.34. The minimum Gasteiger partial charge on any atom is -0.402 e. The van der Waals surface area contributed by atoms with Gasteiger partial charge in [0.1, 0.15) is 0 Å². The molecule has 161 valence electrons. The molecule has 3 atom stereocenters. The molecule has 2 aliphatic rings. The van der Waals surface area contributed by atoms with Crippen LogP contribution in [0.4, 0.5) is 0 Å². The molecule has 6 heteroatoms. The first-order valence-corrected chi connectivity index (χ1v) is 10.7. The van der Waals surface area contributed by atoms with Gasteiger partial charge in [0.05, 0.1) is 22.4 Å². The summed E-state index contributed by atoms with van der Waals surface area (Å²) in [4.78, 5) is 2.33. The third-order valence-corrected chi connectivity index (χ3v) is 7.23. The highest BCUT2D eigenvalue weighted by Crippen LogP contribution is 2.41. The van der Waals surface area contributed by atoms with Gasteiger partial charge in [0.25, 0.3) is 0 Å². The van der Waals surface area contributed by atoms with Crippen molar-refractivity contribution in [1.29, 1.82) is 0 Å². The normalized spacial score (nSPS) is 29.7. The van der Waals surface area contributed by atoms with Crippen molar-refractivity contribution in [1.82, 2.24) is 4.90 Å². The molecule has 5 nitrogen and oxygen atoms in total. The number of methoxy groups -OCH3 is 1. The van der Waals surface area contributed by atoms with Gasteiger partial charge in [-0.3, -0.25) is 4.90 Å². The average molecular weight is 402 g/mol. The molecule has 29 heavy (non-hydrogen) atoms. The van der Waals surface area contributed by atoms with E-state index in [4.69, 9.17) is 14.0 Å². The van der Waals surface area contributed by atoms with Gasteiger partial charge < -0.3 is 19.2 Å². The predicted molar refractivity (Wildman–Crippen MR) is 116 cm³/mol. The number of aliphatic hydroxyl groups is 1. The van der Waals surface area contributed by atoms with Crippen molar-refractivity contribution >= 4 is 7.12 Å². The zero-order chi connectivity index (χ0) is 21.5. The minimum absolute atomic E-state index is 0.0507. The number of hydrogen-bond acceptors (Lipinski definition) is 5. The van der Waals surface area contributed by atoms with Crippen molar-refractivity contribution in [3.8, 4) is 0 Å². The number of β-amino-alcohol motifs (C(OH)–C–C–N with tert-alkyl or cyclic N) is 1. The van der Waals surface area contributed by atoms with Gasteiger partial charge in [-0.15, -0.1) is 0 Å². The smallest absolute Gasteiger partial charge is 0.402 e. The molecule has 2 heterocycles. The Bertz CT molecular complexity index is 677. The largest absolute Gasteiger partial charge is 0.476 e. The summed E-state index contributed by atoms with van der Waals surface area (Å²) in [5, 5.41) is 10.6. The Kier molecular flexibility index (Phi) is 6.26. The summed E-state index contributed by atoms with van der Waals surface area (Å²) in [7, 11) is 1.43. The van der Waals surface area contributed by atoms with E-state index in [0.29, 0.717) is 6.54 Å². The molecule has 1 N–H and O–H groups in total. The van der Waals surface area contributed by atoms with Gasteiger partial charge in [-0.05, 0) is 72.4 Å². The second kappa shape index (κ2) is 7.97. The van der Waals surface area contributed by atoms with Crippen LogP contribution in [0.15, 0.2) is 24.3 Å². The van der Waals surface area contributed by atoms with Gasteiger partial charge in [-0.2, -0.15) is 0 Å². The molecule has 1 radical (unpaired) electrons. The van der Waals surface area contributed by atoms with Gasteiger partial charge in [-0.1, -0.05) is 24.3 Å². The van der Waals surface area contributed by atoms with Crippen LogP contribution in [0.5, 0.6) is 0 Å². The molecule has 0 aromatic heterocycles. The van der Waals surface area contributed by atoms with Crippen LogP contribution in [-0.2, 0) is 19.6 Å². The summed E-state index contributed by atoms with van der Waals surface area (Å²) < 4.78 is 18.8. The summed E-state index contributed by atoms with van der Waals surface area (Å²) in [6.07, 6.45) is 2.43. The van der Waals surface area contributed by atoms with E-state index in [1.54, 1.807) is 7.11 Å². The molecule has 0 amide bonds. The Morgan fingerprint density at radius 2 is 1.79 bits per heavy atom. The van der Waals surface area contributed by atoms with E-state index in [2.05, 4.69) is 57.7 Å². The molecule has 2 saturated heterocycles. The van der Waals surface area contributed by atoms with Crippen molar-refractivity contribution in [2.45, 2.75) is 89.2 Å². The standard InChI is InChI=1S/C23H37BNO4/c1-20(2)21(3,4)29-24(28-20)19(25-16-15-22(5,26)17-25)13-14-23(6,27-7)18-11-9-8-10-12-18/h9-12,19,26H,13-17H2,1-7H3. The molecule has 2 fully saturated rings. The second-order valence-corrected chi connectivity index (χ2v) is 10.2. The van der Waals surface area contributed by atoms with Crippen molar-refractivity contribution in [3.05, 3.63) is 35.9 Å². The van der Waals surface area contributed by atoms with Crippen LogP contribution in [0, 0.1) is 6.07 Å². The summed E-state index contributed by atoms with van der Waals surface area (Å²) >= 11 is 0. The van der Waals surface area contributed by atoms with E-state index in [-0.39, 0.29) is 24.3 Å². The molecule has 0 saturated carbocycles. The fourth-order valence-corrected chi connectivity index (χ4v) is 4.33. The molecule has 3 rings (SSSR count). The highest BCUT2D eigenvalue weighted by atomic mass is 16.7. The zero-order valence-electron chi connectivity index (χ0n) is 19.1. The third-order valence-electron chi connectivity index (χ3n) is 7.23. The maximum Gasteiger partial charge on any atom is 0.476 e. The third kappa shape index (κ3) is 4.72. The Morgan fingerprint density at radius 3 is 2.28 bits per heavy atom. The van der Waals surface area contributed by atoms with Gasteiger partial charge in [0, 0.05) is 26.1 Å². The predicted octanol–water partition coefficient (Wildman–Crippen LogP) is 3.59. The quantitative estimate of drug-likeness (QED) is 0.707. The molecule has 2 aliphatic heterocycles.